The highest BCUT2D eigenvalue weighted by Gasteiger charge is 1.98. The molecule has 2 rings (SSSR count). The van der Waals surface area contributed by atoms with Crippen LogP contribution < -0.4 is 5.32 Å². The molecule has 2 aromatic rings. The fraction of sp³-hybridized carbons (Fsp3) is 0.188. The van der Waals surface area contributed by atoms with Crippen LogP contribution >= 0.6 is 0 Å². The summed E-state index contributed by atoms with van der Waals surface area (Å²) in [5.74, 6) is 0.853. The second-order valence-electron chi connectivity index (χ2n) is 4.73. The summed E-state index contributed by atoms with van der Waals surface area (Å²) < 4.78 is 0. The summed E-state index contributed by atoms with van der Waals surface area (Å²) in [7, 11) is 0. The molecule has 0 fully saturated rings. The van der Waals surface area contributed by atoms with Gasteiger partial charge in [-0.15, -0.1) is 0 Å². The Morgan fingerprint density at radius 2 is 2.21 bits per heavy atom. The van der Waals surface area contributed by atoms with Gasteiger partial charge in [-0.05, 0) is 37.6 Å². The van der Waals surface area contributed by atoms with Crippen LogP contribution in [0.5, 0.6) is 0 Å². The first-order valence-electron chi connectivity index (χ1n) is 6.32. The first-order chi connectivity index (χ1) is 9.15. The van der Waals surface area contributed by atoms with Gasteiger partial charge in [-0.3, -0.25) is 0 Å². The van der Waals surface area contributed by atoms with Crippen LogP contribution in [0.3, 0.4) is 0 Å². The predicted molar refractivity (Wildman–Crippen MR) is 82.3 cm³/mol. The number of hydrogen-bond donors (Lipinski definition) is 2. The highest BCUT2D eigenvalue weighted by Crippen LogP contribution is 2.13. The fourth-order valence-electron chi connectivity index (χ4n) is 1.67. The van der Waals surface area contributed by atoms with Crippen molar-refractivity contribution in [3.63, 3.8) is 0 Å². The number of aromatic amines is 1. The molecule has 3 heteroatoms. The van der Waals surface area contributed by atoms with Crippen LogP contribution in [-0.2, 0) is 0 Å². The number of nitrogens with one attached hydrogen (secondary N) is 2. The van der Waals surface area contributed by atoms with Crippen molar-refractivity contribution in [1.82, 2.24) is 9.97 Å². The van der Waals surface area contributed by atoms with Gasteiger partial charge in [0.05, 0.1) is 0 Å². The number of pyridine rings is 1. The number of fused-ring (bicyclic) bond motifs is 1. The third kappa shape index (κ3) is 3.85. The zero-order valence-corrected chi connectivity index (χ0v) is 11.4. The Hall–Kier alpha value is -2.29. The summed E-state index contributed by atoms with van der Waals surface area (Å²) in [5, 5.41) is 4.38. The van der Waals surface area contributed by atoms with Crippen molar-refractivity contribution in [2.24, 2.45) is 0 Å². The van der Waals surface area contributed by atoms with E-state index in [4.69, 9.17) is 0 Å². The SMILES string of the molecule is C=C(/C=C\C=C(C)C)CNc1ccc2cc[nH]c2n1. The van der Waals surface area contributed by atoms with E-state index in [9.17, 15) is 0 Å². The Balaban J connectivity index is 1.92. The van der Waals surface area contributed by atoms with Gasteiger partial charge < -0.3 is 10.3 Å². The quantitative estimate of drug-likeness (QED) is 0.789. The normalized spacial score (nSPS) is 10.8. The smallest absolute Gasteiger partial charge is 0.139 e. The van der Waals surface area contributed by atoms with Crippen LogP contribution in [0.4, 0.5) is 5.82 Å². The molecule has 0 aliphatic heterocycles. The molecule has 0 spiro atoms. The van der Waals surface area contributed by atoms with E-state index in [1.807, 2.05) is 36.5 Å². The third-order valence-electron chi connectivity index (χ3n) is 2.67. The summed E-state index contributed by atoms with van der Waals surface area (Å²) in [5.41, 5.74) is 3.19. The third-order valence-corrected chi connectivity index (χ3v) is 2.67. The van der Waals surface area contributed by atoms with E-state index in [0.29, 0.717) is 6.54 Å². The zero-order chi connectivity index (χ0) is 13.7. The Bertz CT molecular complexity index is 628. The van der Waals surface area contributed by atoms with Crippen molar-refractivity contribution in [2.45, 2.75) is 13.8 Å². The van der Waals surface area contributed by atoms with Crippen molar-refractivity contribution in [3.05, 3.63) is 60.3 Å². The molecule has 2 aromatic heterocycles. The number of H-pyrrole nitrogens is 1. The molecular formula is C16H19N3. The van der Waals surface area contributed by atoms with E-state index in [1.165, 1.54) is 5.57 Å². The summed E-state index contributed by atoms with van der Waals surface area (Å²) in [6, 6.07) is 6.03. The summed E-state index contributed by atoms with van der Waals surface area (Å²) in [6.45, 7) is 8.83. The standard InChI is InChI=1S/C16H19N3/c1-12(2)5-4-6-13(3)11-18-15-8-7-14-9-10-17-16(14)19-15/h4-10H,3,11H2,1-2H3,(H2,17,18,19)/b6-4-. The minimum Gasteiger partial charge on any atom is -0.366 e. The van der Waals surface area contributed by atoms with Crippen molar-refractivity contribution in [2.75, 3.05) is 11.9 Å². The van der Waals surface area contributed by atoms with E-state index in [1.54, 1.807) is 0 Å². The van der Waals surface area contributed by atoms with E-state index in [2.05, 4.69) is 41.8 Å². The highest BCUT2D eigenvalue weighted by molar-refractivity contribution is 5.77. The minimum absolute atomic E-state index is 0.687. The van der Waals surface area contributed by atoms with Gasteiger partial charge in [0.15, 0.2) is 0 Å². The van der Waals surface area contributed by atoms with Crippen LogP contribution in [0.1, 0.15) is 13.8 Å². The molecule has 0 saturated carbocycles. The van der Waals surface area contributed by atoms with Gasteiger partial charge in [0, 0.05) is 18.1 Å². The molecule has 0 aromatic carbocycles. The lowest BCUT2D eigenvalue weighted by molar-refractivity contribution is 1.21. The van der Waals surface area contributed by atoms with Gasteiger partial charge in [-0.2, -0.15) is 0 Å². The number of rotatable bonds is 5. The molecule has 0 saturated heterocycles. The number of anilines is 1. The first-order valence-corrected chi connectivity index (χ1v) is 6.32. The van der Waals surface area contributed by atoms with Crippen LogP contribution in [0.2, 0.25) is 0 Å². The van der Waals surface area contributed by atoms with Crippen molar-refractivity contribution < 1.29 is 0 Å². The van der Waals surface area contributed by atoms with E-state index in [0.717, 1.165) is 22.4 Å². The Labute approximate surface area is 113 Å². The average molecular weight is 253 g/mol. The van der Waals surface area contributed by atoms with E-state index >= 15 is 0 Å². The molecular weight excluding hydrogens is 234 g/mol. The Morgan fingerprint density at radius 3 is 3.00 bits per heavy atom. The van der Waals surface area contributed by atoms with Crippen molar-refractivity contribution in [3.8, 4) is 0 Å². The molecule has 0 atom stereocenters. The van der Waals surface area contributed by atoms with Gasteiger partial charge in [-0.1, -0.05) is 30.4 Å². The van der Waals surface area contributed by atoms with Crippen molar-refractivity contribution in [1.29, 1.82) is 0 Å². The van der Waals surface area contributed by atoms with Crippen LogP contribution in [0.15, 0.2) is 60.3 Å². The molecule has 0 aliphatic rings. The lowest BCUT2D eigenvalue weighted by Crippen LogP contribution is -2.04. The Morgan fingerprint density at radius 1 is 1.37 bits per heavy atom. The molecule has 3 nitrogen and oxygen atoms in total. The molecule has 0 amide bonds. The number of allylic oxidation sites excluding steroid dienone is 3. The largest absolute Gasteiger partial charge is 0.366 e. The number of aromatic nitrogens is 2. The maximum absolute atomic E-state index is 4.47. The molecule has 2 heterocycles. The lowest BCUT2D eigenvalue weighted by Gasteiger charge is -2.05. The first kappa shape index (κ1) is 13.1. The summed E-state index contributed by atoms with van der Waals surface area (Å²) in [6.07, 6.45) is 7.98. The predicted octanol–water partition coefficient (Wildman–Crippen LogP) is 4.05. The van der Waals surface area contributed by atoms with Crippen LogP contribution in [-0.4, -0.2) is 16.5 Å². The topological polar surface area (TPSA) is 40.7 Å². The fourth-order valence-corrected chi connectivity index (χ4v) is 1.67. The highest BCUT2D eigenvalue weighted by atomic mass is 15.0. The van der Waals surface area contributed by atoms with Gasteiger partial charge in [0.25, 0.3) is 0 Å². The summed E-state index contributed by atoms with van der Waals surface area (Å²) >= 11 is 0. The van der Waals surface area contributed by atoms with Gasteiger partial charge >= 0.3 is 0 Å². The molecule has 19 heavy (non-hydrogen) atoms. The monoisotopic (exact) mass is 253 g/mol. The maximum atomic E-state index is 4.47. The second-order valence-corrected chi connectivity index (χ2v) is 4.73. The molecule has 0 bridgehead atoms. The van der Waals surface area contributed by atoms with E-state index < -0.39 is 0 Å². The van der Waals surface area contributed by atoms with Crippen molar-refractivity contribution >= 4 is 16.9 Å². The van der Waals surface area contributed by atoms with Gasteiger partial charge in [-0.25, -0.2) is 4.98 Å². The zero-order valence-electron chi connectivity index (χ0n) is 11.4. The van der Waals surface area contributed by atoms with Crippen LogP contribution in [0.25, 0.3) is 11.0 Å². The Kier molecular flexibility index (Phi) is 4.18. The minimum atomic E-state index is 0.687. The molecule has 2 N–H and O–H groups in total. The second kappa shape index (κ2) is 6.05. The molecule has 0 aliphatic carbocycles. The molecule has 0 radical (unpaired) electrons. The van der Waals surface area contributed by atoms with Gasteiger partial charge in [0.2, 0.25) is 0 Å². The number of nitrogens with zero attached hydrogens (tertiary/aromatic N) is 1. The molecule has 98 valence electrons. The lowest BCUT2D eigenvalue weighted by atomic mass is 10.2. The van der Waals surface area contributed by atoms with Crippen LogP contribution in [0, 0.1) is 0 Å². The maximum Gasteiger partial charge on any atom is 0.139 e. The van der Waals surface area contributed by atoms with Gasteiger partial charge in [0.1, 0.15) is 11.5 Å². The average Bonchev–Trinajstić information content (AvgIpc) is 2.83. The summed E-state index contributed by atoms with van der Waals surface area (Å²) in [4.78, 5) is 7.57. The molecule has 0 unspecified atom stereocenters. The van der Waals surface area contributed by atoms with E-state index in [-0.39, 0.29) is 0 Å². The number of hydrogen-bond acceptors (Lipinski definition) is 2.